The van der Waals surface area contributed by atoms with Gasteiger partial charge in [0.25, 0.3) is 0 Å². The third-order valence-electron chi connectivity index (χ3n) is 2.37. The largest absolute Gasteiger partial charge is 0.271 e. The fourth-order valence-corrected chi connectivity index (χ4v) is 1.92. The SMILES string of the molecule is Cc1ccc(C(NN)c2csnn2)cc1F. The summed E-state index contributed by atoms with van der Waals surface area (Å²) in [4.78, 5) is 0. The molecule has 1 unspecified atom stereocenters. The Bertz CT molecular complexity index is 472. The van der Waals surface area contributed by atoms with Gasteiger partial charge in [0.1, 0.15) is 5.82 Å². The van der Waals surface area contributed by atoms with E-state index in [1.807, 2.05) is 6.07 Å². The van der Waals surface area contributed by atoms with Crippen molar-refractivity contribution in [3.8, 4) is 0 Å². The van der Waals surface area contributed by atoms with Gasteiger partial charge in [0.05, 0.1) is 11.7 Å². The van der Waals surface area contributed by atoms with E-state index in [-0.39, 0.29) is 11.9 Å². The molecule has 0 bridgehead atoms. The maximum absolute atomic E-state index is 13.4. The average molecular weight is 238 g/mol. The normalized spacial score (nSPS) is 12.7. The molecule has 16 heavy (non-hydrogen) atoms. The molecule has 6 heteroatoms. The number of nitrogens with two attached hydrogens (primary N) is 1. The van der Waals surface area contributed by atoms with Crippen molar-refractivity contribution >= 4 is 11.5 Å². The third-order valence-corrected chi connectivity index (χ3v) is 2.89. The van der Waals surface area contributed by atoms with Crippen molar-refractivity contribution in [3.05, 3.63) is 46.2 Å². The molecule has 0 aliphatic rings. The monoisotopic (exact) mass is 238 g/mol. The molecule has 2 rings (SSSR count). The Labute approximate surface area is 96.4 Å². The van der Waals surface area contributed by atoms with Crippen molar-refractivity contribution < 1.29 is 4.39 Å². The molecule has 0 aliphatic carbocycles. The van der Waals surface area contributed by atoms with Gasteiger partial charge in [0, 0.05) is 5.38 Å². The number of benzene rings is 1. The lowest BCUT2D eigenvalue weighted by Gasteiger charge is -2.13. The van der Waals surface area contributed by atoms with E-state index in [0.717, 1.165) is 5.56 Å². The van der Waals surface area contributed by atoms with Crippen LogP contribution in [0.15, 0.2) is 23.6 Å². The molecule has 1 heterocycles. The summed E-state index contributed by atoms with van der Waals surface area (Å²) in [6.07, 6.45) is 0. The number of hydrogen-bond donors (Lipinski definition) is 2. The van der Waals surface area contributed by atoms with Gasteiger partial charge in [-0.25, -0.2) is 9.82 Å². The van der Waals surface area contributed by atoms with E-state index in [1.54, 1.807) is 18.4 Å². The van der Waals surface area contributed by atoms with Crippen LogP contribution in [0.25, 0.3) is 0 Å². The molecule has 4 nitrogen and oxygen atoms in total. The van der Waals surface area contributed by atoms with Gasteiger partial charge in [-0.3, -0.25) is 5.84 Å². The van der Waals surface area contributed by atoms with Crippen LogP contribution in [0.4, 0.5) is 4.39 Å². The Balaban J connectivity index is 2.37. The van der Waals surface area contributed by atoms with Gasteiger partial charge in [-0.15, -0.1) is 5.10 Å². The van der Waals surface area contributed by atoms with Crippen LogP contribution in [0.5, 0.6) is 0 Å². The highest BCUT2D eigenvalue weighted by molar-refractivity contribution is 7.03. The molecule has 0 radical (unpaired) electrons. The van der Waals surface area contributed by atoms with Crippen LogP contribution in [-0.4, -0.2) is 9.59 Å². The average Bonchev–Trinajstić information content (AvgIpc) is 2.78. The van der Waals surface area contributed by atoms with Gasteiger partial charge in [0.15, 0.2) is 0 Å². The molecule has 0 aliphatic heterocycles. The molecule has 0 saturated carbocycles. The summed E-state index contributed by atoms with van der Waals surface area (Å²) >= 11 is 1.23. The molecular formula is C10H11FN4S. The highest BCUT2D eigenvalue weighted by Gasteiger charge is 2.16. The predicted molar refractivity (Wildman–Crippen MR) is 60.2 cm³/mol. The van der Waals surface area contributed by atoms with Gasteiger partial charge in [-0.1, -0.05) is 16.6 Å². The molecule has 2 aromatic rings. The topological polar surface area (TPSA) is 63.8 Å². The Hall–Kier alpha value is -1.37. The zero-order valence-electron chi connectivity index (χ0n) is 8.64. The van der Waals surface area contributed by atoms with Crippen molar-refractivity contribution in [1.82, 2.24) is 15.0 Å². The Morgan fingerprint density at radius 1 is 1.50 bits per heavy atom. The number of aromatic nitrogens is 2. The summed E-state index contributed by atoms with van der Waals surface area (Å²) in [5.74, 6) is 5.20. The third kappa shape index (κ3) is 2.08. The van der Waals surface area contributed by atoms with Crippen molar-refractivity contribution in [1.29, 1.82) is 0 Å². The summed E-state index contributed by atoms with van der Waals surface area (Å²) in [5, 5.41) is 5.70. The van der Waals surface area contributed by atoms with Crippen LogP contribution in [-0.2, 0) is 0 Å². The summed E-state index contributed by atoms with van der Waals surface area (Å²) in [7, 11) is 0. The number of hydrogen-bond acceptors (Lipinski definition) is 5. The second kappa shape index (κ2) is 4.65. The van der Waals surface area contributed by atoms with E-state index in [2.05, 4.69) is 15.0 Å². The van der Waals surface area contributed by atoms with E-state index in [9.17, 15) is 4.39 Å². The van der Waals surface area contributed by atoms with Gasteiger partial charge in [0.2, 0.25) is 0 Å². The molecule has 1 aromatic heterocycles. The first kappa shape index (κ1) is 11.1. The van der Waals surface area contributed by atoms with E-state index in [1.165, 1.54) is 17.6 Å². The lowest BCUT2D eigenvalue weighted by atomic mass is 10.0. The number of nitrogens with one attached hydrogen (secondary N) is 1. The molecule has 3 N–H and O–H groups in total. The molecular weight excluding hydrogens is 227 g/mol. The first-order valence-corrected chi connectivity index (χ1v) is 5.55. The molecule has 84 valence electrons. The summed E-state index contributed by atoms with van der Waals surface area (Å²) < 4.78 is 17.2. The van der Waals surface area contributed by atoms with Crippen molar-refractivity contribution in [3.63, 3.8) is 0 Å². The van der Waals surface area contributed by atoms with Crippen molar-refractivity contribution in [2.75, 3.05) is 0 Å². The van der Waals surface area contributed by atoms with Crippen LogP contribution in [0.2, 0.25) is 0 Å². The minimum atomic E-state index is -0.325. The fraction of sp³-hybridized carbons (Fsp3) is 0.200. The standard InChI is InChI=1S/C10H11FN4S/c1-6-2-3-7(4-8(6)11)10(13-12)9-5-16-15-14-9/h2-5,10,13H,12H2,1H3. The minimum Gasteiger partial charge on any atom is -0.271 e. The Morgan fingerprint density at radius 2 is 2.31 bits per heavy atom. The first-order chi connectivity index (χ1) is 7.72. The highest BCUT2D eigenvalue weighted by atomic mass is 32.1. The van der Waals surface area contributed by atoms with Crippen LogP contribution >= 0.6 is 11.5 Å². The van der Waals surface area contributed by atoms with E-state index < -0.39 is 0 Å². The van der Waals surface area contributed by atoms with Crippen LogP contribution in [0, 0.1) is 12.7 Å². The summed E-state index contributed by atoms with van der Waals surface area (Å²) in [5.41, 5.74) is 4.64. The number of nitrogens with zero attached hydrogens (tertiary/aromatic N) is 2. The number of halogens is 1. The van der Waals surface area contributed by atoms with Crippen LogP contribution < -0.4 is 11.3 Å². The van der Waals surface area contributed by atoms with E-state index >= 15 is 0 Å². The van der Waals surface area contributed by atoms with Crippen LogP contribution in [0.1, 0.15) is 22.9 Å². The fourth-order valence-electron chi connectivity index (χ4n) is 1.44. The van der Waals surface area contributed by atoms with E-state index in [4.69, 9.17) is 5.84 Å². The quantitative estimate of drug-likeness (QED) is 0.629. The molecule has 0 fully saturated rings. The van der Waals surface area contributed by atoms with Gasteiger partial charge >= 0.3 is 0 Å². The first-order valence-electron chi connectivity index (χ1n) is 4.71. The van der Waals surface area contributed by atoms with Gasteiger partial charge < -0.3 is 0 Å². The van der Waals surface area contributed by atoms with Gasteiger partial charge in [-0.2, -0.15) is 0 Å². The van der Waals surface area contributed by atoms with E-state index in [0.29, 0.717) is 11.3 Å². The second-order valence-corrected chi connectivity index (χ2v) is 4.05. The van der Waals surface area contributed by atoms with Crippen molar-refractivity contribution in [2.45, 2.75) is 13.0 Å². The molecule has 0 spiro atoms. The molecule has 1 atom stereocenters. The minimum absolute atomic E-state index is 0.249. The molecule has 0 amide bonds. The zero-order valence-corrected chi connectivity index (χ0v) is 9.46. The lowest BCUT2D eigenvalue weighted by Crippen LogP contribution is -2.29. The number of aryl methyl sites for hydroxylation is 1. The summed E-state index contributed by atoms with van der Waals surface area (Å²) in [6, 6.07) is 4.67. The maximum atomic E-state index is 13.4. The Kier molecular flexibility index (Phi) is 3.23. The second-order valence-electron chi connectivity index (χ2n) is 3.44. The predicted octanol–water partition coefficient (Wildman–Crippen LogP) is 1.54. The zero-order chi connectivity index (χ0) is 11.5. The highest BCUT2D eigenvalue weighted by Crippen LogP contribution is 2.21. The number of hydrazine groups is 1. The summed E-state index contributed by atoms with van der Waals surface area (Å²) in [6.45, 7) is 1.72. The van der Waals surface area contributed by atoms with Crippen LogP contribution in [0.3, 0.4) is 0 Å². The molecule has 1 aromatic carbocycles. The molecule has 0 saturated heterocycles. The van der Waals surface area contributed by atoms with Gasteiger partial charge in [-0.05, 0) is 35.6 Å². The smallest absolute Gasteiger partial charge is 0.126 e. The Morgan fingerprint density at radius 3 is 2.88 bits per heavy atom. The lowest BCUT2D eigenvalue weighted by molar-refractivity contribution is 0.592. The number of rotatable bonds is 3. The van der Waals surface area contributed by atoms with Crippen molar-refractivity contribution in [2.24, 2.45) is 5.84 Å². The maximum Gasteiger partial charge on any atom is 0.126 e.